The standard InChI is InChI=1S/C91H178O17P2/c1-9-82(6)68-60-52-44-36-28-24-20-16-12-14-18-22-26-30-39-47-55-63-71-88(93)101-77-86(107-90(95)73-65-57-49-40-31-27-23-19-15-13-17-21-25-29-37-45-53-61-69-83(7)10-2)79-105-109(97,98)103-75-85(92)76-104-110(99,100)106-80-87(78-102-89(94)72-64-56-48-42-34-35-43-51-59-67-81(4)5)108-91(96)74-66-58-50-41-33-32-38-46-54-62-70-84(8)11-3/h81-87,92H,9-80H2,1-8H3,(H,97,98)(H,99,100)/t82?,83?,84?,85-,86-,87-/m1/s1. The molecule has 0 aromatic heterocycles. The van der Waals surface area contributed by atoms with Gasteiger partial charge in [-0.2, -0.15) is 0 Å². The Morgan fingerprint density at radius 3 is 0.645 bits per heavy atom. The molecule has 0 aromatic carbocycles. The summed E-state index contributed by atoms with van der Waals surface area (Å²) in [5.41, 5.74) is 0. The number of hydrogen-bond acceptors (Lipinski definition) is 15. The van der Waals surface area contributed by atoms with Crippen LogP contribution in [-0.4, -0.2) is 96.7 Å². The van der Waals surface area contributed by atoms with E-state index in [1.165, 1.54) is 283 Å². The Morgan fingerprint density at radius 2 is 0.436 bits per heavy atom. The lowest BCUT2D eigenvalue weighted by Crippen LogP contribution is -2.30. The molecule has 3 N–H and O–H groups in total. The summed E-state index contributed by atoms with van der Waals surface area (Å²) in [6.45, 7) is 14.5. The van der Waals surface area contributed by atoms with E-state index in [-0.39, 0.29) is 25.7 Å². The molecule has 0 aliphatic carbocycles. The van der Waals surface area contributed by atoms with Crippen molar-refractivity contribution in [1.82, 2.24) is 0 Å². The molecule has 110 heavy (non-hydrogen) atoms. The first-order valence-corrected chi connectivity index (χ1v) is 49.8. The molecule has 17 nitrogen and oxygen atoms in total. The molecule has 0 spiro atoms. The molecule has 0 rings (SSSR count). The summed E-state index contributed by atoms with van der Waals surface area (Å²) in [7, 11) is -9.94. The van der Waals surface area contributed by atoms with Gasteiger partial charge in [0.05, 0.1) is 26.4 Å². The summed E-state index contributed by atoms with van der Waals surface area (Å²) in [5.74, 6) is 1.19. The van der Waals surface area contributed by atoms with E-state index in [4.69, 9.17) is 37.0 Å². The molecule has 8 atom stereocenters. The lowest BCUT2D eigenvalue weighted by Gasteiger charge is -2.21. The molecular weight excluding hydrogens is 1430 g/mol. The van der Waals surface area contributed by atoms with Gasteiger partial charge in [0.25, 0.3) is 0 Å². The Hall–Kier alpha value is -1.94. The molecule has 0 aromatic rings. The third kappa shape index (κ3) is 79.9. The van der Waals surface area contributed by atoms with Gasteiger partial charge in [-0.25, -0.2) is 9.13 Å². The molecule has 0 amide bonds. The highest BCUT2D eigenvalue weighted by molar-refractivity contribution is 7.47. The van der Waals surface area contributed by atoms with Gasteiger partial charge in [-0.05, 0) is 49.4 Å². The fourth-order valence-corrected chi connectivity index (χ4v) is 15.7. The second-order valence-corrected chi connectivity index (χ2v) is 36.8. The number of carbonyl (C=O) groups excluding carboxylic acids is 4. The smallest absolute Gasteiger partial charge is 0.462 e. The topological polar surface area (TPSA) is 237 Å². The Bertz CT molecular complexity index is 2130. The Kier molecular flexibility index (Phi) is 78.1. The normalized spacial score (nSPS) is 14.6. The van der Waals surface area contributed by atoms with Gasteiger partial charge in [0, 0.05) is 25.7 Å². The van der Waals surface area contributed by atoms with Crippen LogP contribution in [0.1, 0.15) is 479 Å². The monoisotopic (exact) mass is 1610 g/mol. The number of aliphatic hydroxyl groups is 1. The van der Waals surface area contributed by atoms with E-state index in [1.807, 2.05) is 0 Å². The number of phosphoric ester groups is 2. The average Bonchev–Trinajstić information content (AvgIpc) is 0.896. The van der Waals surface area contributed by atoms with Crippen molar-refractivity contribution in [1.29, 1.82) is 0 Å². The highest BCUT2D eigenvalue weighted by atomic mass is 31.2. The van der Waals surface area contributed by atoms with Crippen molar-refractivity contribution in [2.24, 2.45) is 23.7 Å². The quantitative estimate of drug-likeness (QED) is 0.0222. The molecule has 654 valence electrons. The zero-order valence-electron chi connectivity index (χ0n) is 72.9. The predicted molar refractivity (Wildman–Crippen MR) is 455 cm³/mol. The summed E-state index contributed by atoms with van der Waals surface area (Å²) in [6, 6.07) is 0. The van der Waals surface area contributed by atoms with Gasteiger partial charge < -0.3 is 33.8 Å². The SMILES string of the molecule is CCC(C)CCCCCCCCCCCCCCCCCCCCC(=O)OC[C@H](COP(=O)(O)OC[C@@H](O)COP(=O)(O)OC[C@@H](COC(=O)CCCCCCCCCCCC(C)C)OC(=O)CCCCCCCCCCCCC(C)CC)OC(=O)CCCCCCCCCCCCCCCCCCCCC(C)CC. The van der Waals surface area contributed by atoms with E-state index >= 15 is 0 Å². The molecule has 0 aliphatic rings. The third-order valence-electron chi connectivity index (χ3n) is 22.4. The second-order valence-electron chi connectivity index (χ2n) is 33.9. The summed E-state index contributed by atoms with van der Waals surface area (Å²) >= 11 is 0. The van der Waals surface area contributed by atoms with E-state index in [1.54, 1.807) is 0 Å². The fraction of sp³-hybridized carbons (Fsp3) is 0.956. The molecule has 19 heteroatoms. The largest absolute Gasteiger partial charge is 0.472 e. The van der Waals surface area contributed by atoms with E-state index in [9.17, 15) is 43.2 Å². The van der Waals surface area contributed by atoms with Crippen LogP contribution in [0.2, 0.25) is 0 Å². The number of phosphoric acid groups is 2. The number of ether oxygens (including phenoxy) is 4. The molecule has 0 radical (unpaired) electrons. The number of rotatable bonds is 88. The first kappa shape index (κ1) is 108. The van der Waals surface area contributed by atoms with Gasteiger partial charge in [0.1, 0.15) is 19.3 Å². The second kappa shape index (κ2) is 79.5. The van der Waals surface area contributed by atoms with Gasteiger partial charge in [-0.1, -0.05) is 428 Å². The molecule has 5 unspecified atom stereocenters. The van der Waals surface area contributed by atoms with Crippen LogP contribution in [-0.2, 0) is 65.4 Å². The lowest BCUT2D eigenvalue weighted by molar-refractivity contribution is -0.161. The van der Waals surface area contributed by atoms with Crippen LogP contribution >= 0.6 is 15.6 Å². The van der Waals surface area contributed by atoms with Crippen LogP contribution in [0.25, 0.3) is 0 Å². The van der Waals surface area contributed by atoms with Crippen LogP contribution < -0.4 is 0 Å². The minimum Gasteiger partial charge on any atom is -0.462 e. The van der Waals surface area contributed by atoms with Crippen molar-refractivity contribution in [2.45, 2.75) is 497 Å². The summed E-state index contributed by atoms with van der Waals surface area (Å²) in [6.07, 6.45) is 70.8. The van der Waals surface area contributed by atoms with Crippen molar-refractivity contribution in [2.75, 3.05) is 39.6 Å². The molecule has 0 saturated carbocycles. The van der Waals surface area contributed by atoms with Crippen LogP contribution in [0.15, 0.2) is 0 Å². The van der Waals surface area contributed by atoms with Gasteiger partial charge >= 0.3 is 39.5 Å². The van der Waals surface area contributed by atoms with Crippen molar-refractivity contribution in [3.8, 4) is 0 Å². The number of unbranched alkanes of at least 4 members (excludes halogenated alkanes) is 51. The van der Waals surface area contributed by atoms with Crippen LogP contribution in [0.3, 0.4) is 0 Å². The zero-order chi connectivity index (χ0) is 80.9. The Morgan fingerprint density at radius 1 is 0.255 bits per heavy atom. The Balaban J connectivity index is 5.24. The van der Waals surface area contributed by atoms with Crippen molar-refractivity contribution >= 4 is 39.5 Å². The van der Waals surface area contributed by atoms with E-state index in [0.29, 0.717) is 25.7 Å². The van der Waals surface area contributed by atoms with Crippen LogP contribution in [0.5, 0.6) is 0 Å². The van der Waals surface area contributed by atoms with Crippen molar-refractivity contribution in [3.63, 3.8) is 0 Å². The molecule has 0 aliphatic heterocycles. The average molecular weight is 1610 g/mol. The predicted octanol–water partition coefficient (Wildman–Crippen LogP) is 27.9. The van der Waals surface area contributed by atoms with Gasteiger partial charge in [-0.3, -0.25) is 37.3 Å². The number of hydrogen-bond donors (Lipinski definition) is 3. The van der Waals surface area contributed by atoms with Gasteiger partial charge in [0.2, 0.25) is 0 Å². The van der Waals surface area contributed by atoms with Crippen molar-refractivity contribution < 1.29 is 80.2 Å². The highest BCUT2D eigenvalue weighted by Crippen LogP contribution is 2.45. The maximum absolute atomic E-state index is 13.2. The lowest BCUT2D eigenvalue weighted by atomic mass is 9.99. The van der Waals surface area contributed by atoms with E-state index < -0.39 is 97.5 Å². The first-order chi connectivity index (χ1) is 53.2. The van der Waals surface area contributed by atoms with Crippen LogP contribution in [0.4, 0.5) is 0 Å². The number of esters is 4. The molecule has 0 bridgehead atoms. The number of carbonyl (C=O) groups is 4. The molecule has 0 fully saturated rings. The van der Waals surface area contributed by atoms with Gasteiger partial charge in [-0.15, -0.1) is 0 Å². The molecule has 0 saturated heterocycles. The highest BCUT2D eigenvalue weighted by Gasteiger charge is 2.31. The molecule has 0 heterocycles. The molecular formula is C91H178O17P2. The maximum atomic E-state index is 13.2. The fourth-order valence-electron chi connectivity index (χ4n) is 14.1. The van der Waals surface area contributed by atoms with E-state index in [2.05, 4.69) is 55.4 Å². The van der Waals surface area contributed by atoms with E-state index in [0.717, 1.165) is 114 Å². The number of aliphatic hydroxyl groups excluding tert-OH is 1. The summed E-state index contributed by atoms with van der Waals surface area (Å²) in [4.78, 5) is 73.4. The maximum Gasteiger partial charge on any atom is 0.472 e. The third-order valence-corrected chi connectivity index (χ3v) is 24.3. The minimum absolute atomic E-state index is 0.106. The van der Waals surface area contributed by atoms with Gasteiger partial charge in [0.15, 0.2) is 12.2 Å². The summed E-state index contributed by atoms with van der Waals surface area (Å²) in [5, 5.41) is 10.7. The summed E-state index contributed by atoms with van der Waals surface area (Å²) < 4.78 is 69.0. The Labute approximate surface area is 677 Å². The first-order valence-electron chi connectivity index (χ1n) is 46.8. The minimum atomic E-state index is -4.97. The van der Waals surface area contributed by atoms with Crippen molar-refractivity contribution in [3.05, 3.63) is 0 Å². The van der Waals surface area contributed by atoms with Crippen LogP contribution in [0, 0.1) is 23.7 Å². The zero-order valence-corrected chi connectivity index (χ0v) is 74.7.